The van der Waals surface area contributed by atoms with Crippen molar-refractivity contribution in [3.05, 3.63) is 34.3 Å². The Morgan fingerprint density at radius 1 is 1.36 bits per heavy atom. The van der Waals surface area contributed by atoms with Gasteiger partial charge >= 0.3 is 0 Å². The molecule has 1 atom stereocenters. The summed E-state index contributed by atoms with van der Waals surface area (Å²) in [6, 6.07) is 7.89. The van der Waals surface area contributed by atoms with Crippen LogP contribution < -0.4 is 5.32 Å². The molecule has 0 spiro atoms. The maximum absolute atomic E-state index is 9.90. The van der Waals surface area contributed by atoms with Crippen molar-refractivity contribution in [3.63, 3.8) is 0 Å². The summed E-state index contributed by atoms with van der Waals surface area (Å²) in [7, 11) is 0. The van der Waals surface area contributed by atoms with Gasteiger partial charge in [-0.15, -0.1) is 0 Å². The standard InChI is InChI=1S/C11H14BrNO/c12-10-3-1-9(2-4-10)11(14)5-8-6-13-7-8/h1-4,8,11,13-14H,5-7H2. The molecule has 2 rings (SSSR count). The SMILES string of the molecule is OC(CC1CNC1)c1ccc(Br)cc1. The van der Waals surface area contributed by atoms with Crippen LogP contribution in [0, 0.1) is 5.92 Å². The Hall–Kier alpha value is -0.380. The molecule has 0 aliphatic carbocycles. The molecule has 1 heterocycles. The second-order valence-corrected chi connectivity index (χ2v) is 4.74. The van der Waals surface area contributed by atoms with Crippen LogP contribution in [-0.4, -0.2) is 18.2 Å². The highest BCUT2D eigenvalue weighted by atomic mass is 79.9. The smallest absolute Gasteiger partial charge is 0.0793 e. The van der Waals surface area contributed by atoms with Crippen molar-refractivity contribution in [2.75, 3.05) is 13.1 Å². The van der Waals surface area contributed by atoms with Gasteiger partial charge in [0.15, 0.2) is 0 Å². The van der Waals surface area contributed by atoms with E-state index in [1.54, 1.807) is 0 Å². The van der Waals surface area contributed by atoms with Gasteiger partial charge in [0.2, 0.25) is 0 Å². The Kier molecular flexibility index (Phi) is 3.21. The van der Waals surface area contributed by atoms with Gasteiger partial charge in [-0.3, -0.25) is 0 Å². The van der Waals surface area contributed by atoms with Crippen molar-refractivity contribution < 1.29 is 5.11 Å². The highest BCUT2D eigenvalue weighted by molar-refractivity contribution is 9.10. The van der Waals surface area contributed by atoms with E-state index in [4.69, 9.17) is 0 Å². The largest absolute Gasteiger partial charge is 0.388 e. The lowest BCUT2D eigenvalue weighted by atomic mass is 9.93. The van der Waals surface area contributed by atoms with E-state index in [1.165, 1.54) is 0 Å². The number of aliphatic hydroxyl groups is 1. The van der Waals surface area contributed by atoms with Crippen molar-refractivity contribution >= 4 is 15.9 Å². The van der Waals surface area contributed by atoms with Crippen LogP contribution in [0.2, 0.25) is 0 Å². The van der Waals surface area contributed by atoms with Gasteiger partial charge in [-0.2, -0.15) is 0 Å². The third-order valence-electron chi connectivity index (χ3n) is 2.68. The zero-order valence-corrected chi connectivity index (χ0v) is 9.50. The number of halogens is 1. The number of hydrogen-bond donors (Lipinski definition) is 2. The van der Waals surface area contributed by atoms with Gasteiger partial charge in [-0.25, -0.2) is 0 Å². The van der Waals surface area contributed by atoms with E-state index < -0.39 is 0 Å². The summed E-state index contributed by atoms with van der Waals surface area (Å²) in [6.07, 6.45) is 0.560. The molecular weight excluding hydrogens is 242 g/mol. The fourth-order valence-electron chi connectivity index (χ4n) is 1.65. The molecule has 1 unspecified atom stereocenters. The maximum atomic E-state index is 9.90. The molecule has 0 bridgehead atoms. The molecule has 3 heteroatoms. The number of hydrogen-bond acceptors (Lipinski definition) is 2. The number of aliphatic hydroxyl groups excluding tert-OH is 1. The zero-order valence-electron chi connectivity index (χ0n) is 7.91. The van der Waals surface area contributed by atoms with E-state index in [1.807, 2.05) is 24.3 Å². The average Bonchev–Trinajstić information content (AvgIpc) is 2.12. The van der Waals surface area contributed by atoms with E-state index in [0.29, 0.717) is 5.92 Å². The number of benzene rings is 1. The van der Waals surface area contributed by atoms with Gasteiger partial charge in [-0.05, 0) is 43.1 Å². The predicted molar refractivity (Wildman–Crippen MR) is 60.1 cm³/mol. The van der Waals surface area contributed by atoms with Crippen molar-refractivity contribution in [2.24, 2.45) is 5.92 Å². The van der Waals surface area contributed by atoms with Gasteiger partial charge in [0.05, 0.1) is 6.10 Å². The maximum Gasteiger partial charge on any atom is 0.0793 e. The van der Waals surface area contributed by atoms with E-state index in [-0.39, 0.29) is 6.10 Å². The van der Waals surface area contributed by atoms with Crippen LogP contribution in [0.5, 0.6) is 0 Å². The van der Waals surface area contributed by atoms with Crippen LogP contribution >= 0.6 is 15.9 Å². The Bertz CT molecular complexity index is 295. The summed E-state index contributed by atoms with van der Waals surface area (Å²) in [4.78, 5) is 0. The van der Waals surface area contributed by atoms with Crippen LogP contribution in [-0.2, 0) is 0 Å². The summed E-state index contributed by atoms with van der Waals surface area (Å²) in [5, 5.41) is 13.1. The normalized spacial score (nSPS) is 19.0. The quantitative estimate of drug-likeness (QED) is 0.867. The van der Waals surface area contributed by atoms with Crippen LogP contribution in [0.25, 0.3) is 0 Å². The highest BCUT2D eigenvalue weighted by Crippen LogP contribution is 2.24. The van der Waals surface area contributed by atoms with Crippen LogP contribution in [0.15, 0.2) is 28.7 Å². The summed E-state index contributed by atoms with van der Waals surface area (Å²) in [5.74, 6) is 0.647. The Morgan fingerprint density at radius 3 is 2.50 bits per heavy atom. The summed E-state index contributed by atoms with van der Waals surface area (Å²) in [5.41, 5.74) is 1.01. The van der Waals surface area contributed by atoms with E-state index in [9.17, 15) is 5.11 Å². The van der Waals surface area contributed by atoms with Crippen molar-refractivity contribution in [1.29, 1.82) is 0 Å². The first-order chi connectivity index (χ1) is 6.75. The third-order valence-corrected chi connectivity index (χ3v) is 3.21. The van der Waals surface area contributed by atoms with Gasteiger partial charge in [0, 0.05) is 4.47 Å². The lowest BCUT2D eigenvalue weighted by molar-refractivity contribution is 0.127. The highest BCUT2D eigenvalue weighted by Gasteiger charge is 2.21. The molecule has 1 fully saturated rings. The fourth-order valence-corrected chi connectivity index (χ4v) is 1.92. The molecule has 1 aliphatic rings. The fraction of sp³-hybridized carbons (Fsp3) is 0.455. The zero-order chi connectivity index (χ0) is 9.97. The topological polar surface area (TPSA) is 32.3 Å². The first kappa shape index (κ1) is 10.1. The van der Waals surface area contributed by atoms with Crippen molar-refractivity contribution in [1.82, 2.24) is 5.32 Å². The van der Waals surface area contributed by atoms with E-state index >= 15 is 0 Å². The second-order valence-electron chi connectivity index (χ2n) is 3.83. The Morgan fingerprint density at radius 2 is 2.00 bits per heavy atom. The van der Waals surface area contributed by atoms with E-state index in [2.05, 4.69) is 21.2 Å². The molecule has 1 aromatic carbocycles. The Labute approximate surface area is 92.5 Å². The van der Waals surface area contributed by atoms with Gasteiger partial charge in [0.25, 0.3) is 0 Å². The minimum absolute atomic E-state index is 0.310. The first-order valence-corrected chi connectivity index (χ1v) is 5.69. The molecule has 0 saturated carbocycles. The monoisotopic (exact) mass is 255 g/mol. The molecule has 76 valence electrons. The molecule has 14 heavy (non-hydrogen) atoms. The molecule has 1 aromatic rings. The predicted octanol–water partition coefficient (Wildman–Crippen LogP) is 2.09. The van der Waals surface area contributed by atoms with Crippen LogP contribution in [0.4, 0.5) is 0 Å². The molecule has 2 N–H and O–H groups in total. The minimum Gasteiger partial charge on any atom is -0.388 e. The second kappa shape index (κ2) is 4.43. The summed E-state index contributed by atoms with van der Waals surface area (Å²) < 4.78 is 1.05. The number of rotatable bonds is 3. The van der Waals surface area contributed by atoms with Crippen LogP contribution in [0.3, 0.4) is 0 Å². The van der Waals surface area contributed by atoms with Crippen molar-refractivity contribution in [3.8, 4) is 0 Å². The molecule has 2 nitrogen and oxygen atoms in total. The van der Waals surface area contributed by atoms with Crippen molar-refractivity contribution in [2.45, 2.75) is 12.5 Å². The molecule has 1 saturated heterocycles. The van der Waals surface area contributed by atoms with Gasteiger partial charge in [0.1, 0.15) is 0 Å². The first-order valence-electron chi connectivity index (χ1n) is 4.90. The minimum atomic E-state index is -0.310. The lowest BCUT2D eigenvalue weighted by Gasteiger charge is -2.29. The van der Waals surface area contributed by atoms with E-state index in [0.717, 1.165) is 29.5 Å². The third kappa shape index (κ3) is 2.35. The molecule has 0 radical (unpaired) electrons. The molecular formula is C11H14BrNO. The summed E-state index contributed by atoms with van der Waals surface area (Å²) in [6.45, 7) is 2.10. The van der Waals surface area contributed by atoms with Crippen LogP contribution in [0.1, 0.15) is 18.1 Å². The van der Waals surface area contributed by atoms with Gasteiger partial charge < -0.3 is 10.4 Å². The van der Waals surface area contributed by atoms with Gasteiger partial charge in [-0.1, -0.05) is 28.1 Å². The molecule has 0 amide bonds. The Balaban J connectivity index is 1.95. The molecule has 1 aliphatic heterocycles. The number of nitrogens with one attached hydrogen (secondary N) is 1. The summed E-state index contributed by atoms with van der Waals surface area (Å²) >= 11 is 3.38. The molecule has 0 aromatic heterocycles. The average molecular weight is 256 g/mol. The lowest BCUT2D eigenvalue weighted by Crippen LogP contribution is -2.42.